The van der Waals surface area contributed by atoms with Crippen LogP contribution in [0, 0.1) is 17.8 Å². The van der Waals surface area contributed by atoms with Gasteiger partial charge in [0.15, 0.2) is 0 Å². The van der Waals surface area contributed by atoms with Crippen molar-refractivity contribution >= 4 is 0 Å². The van der Waals surface area contributed by atoms with Gasteiger partial charge in [-0.3, -0.25) is 0 Å². The topological polar surface area (TPSA) is 21.3 Å². The third-order valence-electron chi connectivity index (χ3n) is 4.99. The van der Waals surface area contributed by atoms with Crippen LogP contribution in [0.15, 0.2) is 24.3 Å². The van der Waals surface area contributed by atoms with Gasteiger partial charge in [-0.25, -0.2) is 0 Å². The summed E-state index contributed by atoms with van der Waals surface area (Å²) in [4.78, 5) is 0. The molecule has 0 bridgehead atoms. The molecule has 3 atom stereocenters. The molecule has 0 radical (unpaired) electrons. The largest absolute Gasteiger partial charge is 0.494 e. The molecule has 2 saturated carbocycles. The molecule has 0 saturated heterocycles. The standard InChI is InChI=1S/C18H27NO/c1-3-12-20-14-10-8-13(9-11-14)18(19-4-2)17-15-6-5-7-16(15)17/h8-11,15-19H,3-7,12H2,1-2H3. The summed E-state index contributed by atoms with van der Waals surface area (Å²) in [6.07, 6.45) is 5.42. The van der Waals surface area contributed by atoms with Crippen LogP contribution < -0.4 is 10.1 Å². The van der Waals surface area contributed by atoms with Gasteiger partial charge in [0.1, 0.15) is 5.75 Å². The van der Waals surface area contributed by atoms with E-state index in [2.05, 4.69) is 43.4 Å². The Bertz CT molecular complexity index is 418. The van der Waals surface area contributed by atoms with Crippen LogP contribution in [0.4, 0.5) is 0 Å². The molecule has 2 nitrogen and oxygen atoms in total. The number of benzene rings is 1. The van der Waals surface area contributed by atoms with E-state index in [4.69, 9.17) is 4.74 Å². The summed E-state index contributed by atoms with van der Waals surface area (Å²) >= 11 is 0. The number of ether oxygens (including phenoxy) is 1. The van der Waals surface area contributed by atoms with E-state index in [9.17, 15) is 0 Å². The number of hydrogen-bond acceptors (Lipinski definition) is 2. The van der Waals surface area contributed by atoms with E-state index in [1.807, 2.05) is 0 Å². The summed E-state index contributed by atoms with van der Waals surface area (Å²) in [6.45, 7) is 6.21. The highest BCUT2D eigenvalue weighted by molar-refractivity contribution is 5.31. The molecule has 2 heteroatoms. The lowest BCUT2D eigenvalue weighted by molar-refractivity contribution is 0.317. The maximum Gasteiger partial charge on any atom is 0.119 e. The van der Waals surface area contributed by atoms with Gasteiger partial charge in [-0.2, -0.15) is 0 Å². The SMILES string of the molecule is CCCOc1ccc(C(NCC)C2C3CCCC32)cc1. The summed E-state index contributed by atoms with van der Waals surface area (Å²) in [5.41, 5.74) is 1.44. The van der Waals surface area contributed by atoms with Crippen molar-refractivity contribution in [1.29, 1.82) is 0 Å². The molecule has 1 aromatic carbocycles. The van der Waals surface area contributed by atoms with Crippen LogP contribution in [-0.2, 0) is 0 Å². The zero-order chi connectivity index (χ0) is 13.9. The monoisotopic (exact) mass is 273 g/mol. The smallest absolute Gasteiger partial charge is 0.119 e. The Kier molecular flexibility index (Phi) is 4.30. The van der Waals surface area contributed by atoms with Crippen molar-refractivity contribution < 1.29 is 4.74 Å². The number of rotatable bonds is 7. The molecule has 3 unspecified atom stereocenters. The fourth-order valence-electron chi connectivity index (χ4n) is 4.06. The van der Waals surface area contributed by atoms with E-state index < -0.39 is 0 Å². The van der Waals surface area contributed by atoms with E-state index in [0.29, 0.717) is 6.04 Å². The van der Waals surface area contributed by atoms with E-state index in [1.165, 1.54) is 24.8 Å². The van der Waals surface area contributed by atoms with Crippen molar-refractivity contribution in [2.45, 2.75) is 45.6 Å². The predicted molar refractivity (Wildman–Crippen MR) is 83.0 cm³/mol. The third-order valence-corrected chi connectivity index (χ3v) is 4.99. The van der Waals surface area contributed by atoms with Gasteiger partial charge in [0.25, 0.3) is 0 Å². The van der Waals surface area contributed by atoms with Crippen molar-refractivity contribution in [3.8, 4) is 5.75 Å². The number of fused-ring (bicyclic) bond motifs is 1. The first kappa shape index (κ1) is 13.9. The summed E-state index contributed by atoms with van der Waals surface area (Å²) in [5.74, 6) is 3.87. The van der Waals surface area contributed by atoms with Gasteiger partial charge in [0, 0.05) is 6.04 Å². The molecule has 110 valence electrons. The highest BCUT2D eigenvalue weighted by atomic mass is 16.5. The zero-order valence-corrected chi connectivity index (χ0v) is 12.8. The van der Waals surface area contributed by atoms with Crippen LogP contribution in [0.25, 0.3) is 0 Å². The zero-order valence-electron chi connectivity index (χ0n) is 12.8. The normalized spacial score (nSPS) is 29.0. The molecule has 0 heterocycles. The van der Waals surface area contributed by atoms with Crippen LogP contribution in [-0.4, -0.2) is 13.2 Å². The van der Waals surface area contributed by atoms with E-state index >= 15 is 0 Å². The van der Waals surface area contributed by atoms with Gasteiger partial charge in [-0.05, 0) is 61.3 Å². The molecule has 1 aromatic rings. The summed E-state index contributed by atoms with van der Waals surface area (Å²) in [6, 6.07) is 9.33. The molecule has 2 aliphatic rings. The quantitative estimate of drug-likeness (QED) is 0.805. The Morgan fingerprint density at radius 1 is 1.15 bits per heavy atom. The Labute approximate surface area is 122 Å². The second kappa shape index (κ2) is 6.17. The second-order valence-electron chi connectivity index (χ2n) is 6.29. The molecule has 0 aromatic heterocycles. The van der Waals surface area contributed by atoms with Crippen LogP contribution in [0.3, 0.4) is 0 Å². The maximum absolute atomic E-state index is 5.68. The first-order chi connectivity index (χ1) is 9.85. The van der Waals surface area contributed by atoms with Gasteiger partial charge in [0.2, 0.25) is 0 Å². The lowest BCUT2D eigenvalue weighted by Gasteiger charge is -2.20. The molecule has 3 rings (SSSR count). The average molecular weight is 273 g/mol. The molecule has 0 spiro atoms. The van der Waals surface area contributed by atoms with Gasteiger partial charge >= 0.3 is 0 Å². The molecule has 20 heavy (non-hydrogen) atoms. The molecule has 0 amide bonds. The van der Waals surface area contributed by atoms with E-state index in [1.54, 1.807) is 0 Å². The Hall–Kier alpha value is -1.02. The number of hydrogen-bond donors (Lipinski definition) is 1. The molecular formula is C18H27NO. The third kappa shape index (κ3) is 2.71. The minimum Gasteiger partial charge on any atom is -0.494 e. The Balaban J connectivity index is 1.68. The maximum atomic E-state index is 5.68. The van der Waals surface area contributed by atoms with Crippen LogP contribution >= 0.6 is 0 Å². The summed E-state index contributed by atoms with van der Waals surface area (Å²) < 4.78 is 5.68. The first-order valence-corrected chi connectivity index (χ1v) is 8.31. The highest BCUT2D eigenvalue weighted by Gasteiger charge is 2.55. The Morgan fingerprint density at radius 2 is 1.85 bits per heavy atom. The van der Waals surface area contributed by atoms with E-state index in [-0.39, 0.29) is 0 Å². The fourth-order valence-corrected chi connectivity index (χ4v) is 4.06. The van der Waals surface area contributed by atoms with Gasteiger partial charge in [-0.15, -0.1) is 0 Å². The highest BCUT2D eigenvalue weighted by Crippen LogP contribution is 2.62. The van der Waals surface area contributed by atoms with Gasteiger partial charge in [-0.1, -0.05) is 32.4 Å². The second-order valence-corrected chi connectivity index (χ2v) is 6.29. The minimum absolute atomic E-state index is 0.551. The van der Waals surface area contributed by atoms with Crippen molar-refractivity contribution in [3.63, 3.8) is 0 Å². The van der Waals surface area contributed by atoms with Crippen molar-refractivity contribution in [2.75, 3.05) is 13.2 Å². The lowest BCUT2D eigenvalue weighted by atomic mass is 9.97. The first-order valence-electron chi connectivity index (χ1n) is 8.31. The van der Waals surface area contributed by atoms with Crippen molar-refractivity contribution in [3.05, 3.63) is 29.8 Å². The lowest BCUT2D eigenvalue weighted by Crippen LogP contribution is -2.24. The average Bonchev–Trinajstić information content (AvgIpc) is 2.94. The molecule has 1 N–H and O–H groups in total. The summed E-state index contributed by atoms with van der Waals surface area (Å²) in [5, 5.41) is 3.71. The van der Waals surface area contributed by atoms with Gasteiger partial charge < -0.3 is 10.1 Å². The van der Waals surface area contributed by atoms with Crippen LogP contribution in [0.1, 0.15) is 51.1 Å². The van der Waals surface area contributed by atoms with Crippen LogP contribution in [0.2, 0.25) is 0 Å². The number of nitrogens with one attached hydrogen (secondary N) is 1. The summed E-state index contributed by atoms with van der Waals surface area (Å²) in [7, 11) is 0. The molecule has 2 fully saturated rings. The van der Waals surface area contributed by atoms with E-state index in [0.717, 1.165) is 43.1 Å². The van der Waals surface area contributed by atoms with Crippen molar-refractivity contribution in [1.82, 2.24) is 5.32 Å². The molecule has 2 aliphatic carbocycles. The van der Waals surface area contributed by atoms with Crippen molar-refractivity contribution in [2.24, 2.45) is 17.8 Å². The fraction of sp³-hybridized carbons (Fsp3) is 0.667. The van der Waals surface area contributed by atoms with Gasteiger partial charge in [0.05, 0.1) is 6.61 Å². The molecular weight excluding hydrogens is 246 g/mol. The Morgan fingerprint density at radius 3 is 2.45 bits per heavy atom. The molecule has 0 aliphatic heterocycles. The minimum atomic E-state index is 0.551. The predicted octanol–water partition coefficient (Wildman–Crippen LogP) is 4.17. The van der Waals surface area contributed by atoms with Crippen LogP contribution in [0.5, 0.6) is 5.75 Å².